The van der Waals surface area contributed by atoms with E-state index in [4.69, 9.17) is 4.74 Å². The molecule has 2 saturated heterocycles. The van der Waals surface area contributed by atoms with Crippen LogP contribution >= 0.6 is 0 Å². The highest BCUT2D eigenvalue weighted by atomic mass is 32.2. The topological polar surface area (TPSA) is 63.7 Å². The predicted molar refractivity (Wildman–Crippen MR) is 92.4 cm³/mol. The molecule has 2 unspecified atom stereocenters. The minimum Gasteiger partial charge on any atom is -0.380 e. The maximum Gasteiger partial charge on any atom is 0.245 e. The van der Waals surface area contributed by atoms with Crippen molar-refractivity contribution in [3.8, 4) is 0 Å². The van der Waals surface area contributed by atoms with Gasteiger partial charge in [-0.05, 0) is 37.7 Å². The van der Waals surface area contributed by atoms with Gasteiger partial charge >= 0.3 is 0 Å². The second-order valence-corrected chi connectivity index (χ2v) is 8.92. The highest BCUT2D eigenvalue weighted by Crippen LogP contribution is 2.32. The quantitative estimate of drug-likeness (QED) is 0.835. The number of carbonyl (C=O) groups is 1. The van der Waals surface area contributed by atoms with Crippen LogP contribution < -0.4 is 0 Å². The first-order chi connectivity index (χ1) is 11.6. The average Bonchev–Trinajstić information content (AvgIpc) is 2.64. The minimum absolute atomic E-state index is 0.193. The molecule has 2 aliphatic rings. The van der Waals surface area contributed by atoms with Gasteiger partial charge in [-0.15, -0.1) is 0 Å². The van der Waals surface area contributed by atoms with Crippen LogP contribution in [0.25, 0.3) is 0 Å². The van der Waals surface area contributed by atoms with Crippen LogP contribution in [0.2, 0.25) is 0 Å². The first kappa shape index (κ1) is 17.4. The number of rotatable bonds is 4. The molecular weight excluding hydrogens is 326 g/mol. The van der Waals surface area contributed by atoms with Crippen LogP contribution in [0.4, 0.5) is 0 Å². The average molecular weight is 351 g/mol. The number of hydrogen-bond acceptors (Lipinski definition) is 4. The van der Waals surface area contributed by atoms with E-state index in [1.165, 1.54) is 0 Å². The van der Waals surface area contributed by atoms with E-state index in [1.54, 1.807) is 29.2 Å². The number of nitrogens with zero attached hydrogens (tertiary/aromatic N) is 1. The molecule has 6 heteroatoms. The zero-order valence-corrected chi connectivity index (χ0v) is 14.7. The van der Waals surface area contributed by atoms with E-state index < -0.39 is 20.3 Å². The van der Waals surface area contributed by atoms with Crippen molar-refractivity contribution in [2.45, 2.75) is 42.6 Å². The van der Waals surface area contributed by atoms with E-state index in [9.17, 15) is 13.2 Å². The number of piperidine rings is 1. The summed E-state index contributed by atoms with van der Waals surface area (Å²) in [6.07, 6.45) is 4.28. The molecular formula is C18H25NO4S. The Labute approximate surface area is 143 Å². The number of amides is 1. The molecule has 24 heavy (non-hydrogen) atoms. The third-order valence-electron chi connectivity index (χ3n) is 4.91. The van der Waals surface area contributed by atoms with E-state index in [2.05, 4.69) is 0 Å². The Morgan fingerprint density at radius 3 is 2.42 bits per heavy atom. The highest BCUT2D eigenvalue weighted by Gasteiger charge is 2.42. The van der Waals surface area contributed by atoms with E-state index in [-0.39, 0.29) is 12.5 Å². The number of sulfone groups is 1. The van der Waals surface area contributed by atoms with Gasteiger partial charge < -0.3 is 9.64 Å². The zero-order valence-electron chi connectivity index (χ0n) is 13.9. The van der Waals surface area contributed by atoms with Crippen LogP contribution in [-0.4, -0.2) is 50.8 Å². The summed E-state index contributed by atoms with van der Waals surface area (Å²) in [6.45, 7) is 2.10. The smallest absolute Gasteiger partial charge is 0.245 e. The molecule has 0 bridgehead atoms. The number of hydrogen-bond donors (Lipinski definition) is 0. The first-order valence-electron chi connectivity index (χ1n) is 8.75. The SMILES string of the molecule is O=C(C(c1ccccc1)S(=O)(=O)C1CCCOC1)N1CCCCC1. The Bertz CT molecular complexity index is 647. The molecule has 2 aliphatic heterocycles. The van der Waals surface area contributed by atoms with Crippen LogP contribution in [-0.2, 0) is 19.4 Å². The number of likely N-dealkylation sites (tertiary alicyclic amines) is 1. The lowest BCUT2D eigenvalue weighted by atomic mass is 10.1. The molecule has 0 aliphatic carbocycles. The van der Waals surface area contributed by atoms with Crippen LogP contribution in [0.1, 0.15) is 42.9 Å². The normalized spacial score (nSPS) is 23.7. The van der Waals surface area contributed by atoms with E-state index in [1.807, 2.05) is 6.07 Å². The second kappa shape index (κ2) is 7.66. The fourth-order valence-corrected chi connectivity index (χ4v) is 5.68. The molecule has 1 amide bonds. The molecule has 0 aromatic heterocycles. The lowest BCUT2D eigenvalue weighted by Crippen LogP contribution is -2.44. The number of benzene rings is 1. The monoisotopic (exact) mass is 351 g/mol. The van der Waals surface area contributed by atoms with Gasteiger partial charge in [0.25, 0.3) is 0 Å². The Kier molecular flexibility index (Phi) is 5.56. The van der Waals surface area contributed by atoms with Crippen molar-refractivity contribution in [2.24, 2.45) is 0 Å². The summed E-state index contributed by atoms with van der Waals surface area (Å²) in [5.74, 6) is -0.272. The summed E-state index contributed by atoms with van der Waals surface area (Å²) in [4.78, 5) is 14.8. The summed E-state index contributed by atoms with van der Waals surface area (Å²) in [7, 11) is -3.64. The van der Waals surface area contributed by atoms with Gasteiger partial charge in [-0.2, -0.15) is 0 Å². The third-order valence-corrected chi connectivity index (χ3v) is 7.34. The largest absolute Gasteiger partial charge is 0.380 e. The lowest BCUT2D eigenvalue weighted by molar-refractivity contribution is -0.131. The van der Waals surface area contributed by atoms with Gasteiger partial charge in [0.2, 0.25) is 5.91 Å². The van der Waals surface area contributed by atoms with Crippen molar-refractivity contribution in [3.05, 3.63) is 35.9 Å². The van der Waals surface area contributed by atoms with Gasteiger partial charge in [-0.3, -0.25) is 4.79 Å². The molecule has 0 spiro atoms. The van der Waals surface area contributed by atoms with Gasteiger partial charge in [-0.25, -0.2) is 8.42 Å². The van der Waals surface area contributed by atoms with Crippen LogP contribution in [0.3, 0.4) is 0 Å². The first-order valence-corrected chi connectivity index (χ1v) is 10.4. The number of carbonyl (C=O) groups excluding carboxylic acids is 1. The van der Waals surface area contributed by atoms with E-state index in [0.29, 0.717) is 31.7 Å². The maximum absolute atomic E-state index is 13.2. The molecule has 5 nitrogen and oxygen atoms in total. The molecule has 0 N–H and O–H groups in total. The predicted octanol–water partition coefficient (Wildman–Crippen LogP) is 2.33. The Balaban J connectivity index is 1.94. The molecule has 2 atom stereocenters. The van der Waals surface area contributed by atoms with Crippen LogP contribution in [0, 0.1) is 0 Å². The van der Waals surface area contributed by atoms with E-state index >= 15 is 0 Å². The molecule has 0 radical (unpaired) electrons. The third kappa shape index (κ3) is 3.64. The summed E-state index contributed by atoms with van der Waals surface area (Å²) >= 11 is 0. The molecule has 1 aromatic carbocycles. The van der Waals surface area contributed by atoms with Gasteiger partial charge in [0.1, 0.15) is 0 Å². The van der Waals surface area contributed by atoms with Crippen molar-refractivity contribution in [1.29, 1.82) is 0 Å². The standard InChI is InChI=1S/C18H25NO4S/c20-18(19-11-5-2-6-12-19)17(15-8-3-1-4-9-15)24(21,22)16-10-7-13-23-14-16/h1,3-4,8-9,16-17H,2,5-7,10-14H2. The van der Waals surface area contributed by atoms with E-state index in [0.717, 1.165) is 25.7 Å². The van der Waals surface area contributed by atoms with Gasteiger partial charge in [-0.1, -0.05) is 30.3 Å². The van der Waals surface area contributed by atoms with Crippen LogP contribution in [0.15, 0.2) is 30.3 Å². The minimum atomic E-state index is -3.64. The molecule has 1 aromatic rings. The summed E-state index contributed by atoms with van der Waals surface area (Å²) < 4.78 is 31.9. The molecule has 3 rings (SSSR count). The van der Waals surface area contributed by atoms with Gasteiger partial charge in [0, 0.05) is 19.7 Å². The Hall–Kier alpha value is -1.40. The molecule has 2 heterocycles. The van der Waals surface area contributed by atoms with Crippen molar-refractivity contribution in [2.75, 3.05) is 26.3 Å². The maximum atomic E-state index is 13.2. The zero-order chi connectivity index (χ0) is 17.0. The molecule has 2 fully saturated rings. The van der Waals surface area contributed by atoms with Gasteiger partial charge in [0.05, 0.1) is 11.9 Å². The molecule has 0 saturated carbocycles. The fraction of sp³-hybridized carbons (Fsp3) is 0.611. The van der Waals surface area contributed by atoms with Crippen molar-refractivity contribution in [3.63, 3.8) is 0 Å². The Morgan fingerprint density at radius 2 is 1.79 bits per heavy atom. The second-order valence-electron chi connectivity index (χ2n) is 6.60. The lowest BCUT2D eigenvalue weighted by Gasteiger charge is -2.33. The van der Waals surface area contributed by atoms with Crippen molar-refractivity contribution in [1.82, 2.24) is 4.90 Å². The summed E-state index contributed by atoms with van der Waals surface area (Å²) in [5, 5.41) is -1.70. The summed E-state index contributed by atoms with van der Waals surface area (Å²) in [6, 6.07) is 8.90. The highest BCUT2D eigenvalue weighted by molar-refractivity contribution is 7.93. The Morgan fingerprint density at radius 1 is 1.08 bits per heavy atom. The number of ether oxygens (including phenoxy) is 1. The summed E-state index contributed by atoms with van der Waals surface area (Å²) in [5.41, 5.74) is 0.568. The van der Waals surface area contributed by atoms with Crippen molar-refractivity contribution < 1.29 is 17.9 Å². The fourth-order valence-electron chi connectivity index (χ4n) is 3.54. The van der Waals surface area contributed by atoms with Crippen molar-refractivity contribution >= 4 is 15.7 Å². The van der Waals surface area contributed by atoms with Crippen LogP contribution in [0.5, 0.6) is 0 Å². The van der Waals surface area contributed by atoms with Gasteiger partial charge in [0.15, 0.2) is 15.1 Å². The molecule has 132 valence electrons.